The van der Waals surface area contributed by atoms with Crippen LogP contribution in [0.15, 0.2) is 54.6 Å². The molecule has 0 spiro atoms. The van der Waals surface area contributed by atoms with Crippen molar-refractivity contribution in [1.82, 2.24) is 0 Å². The fraction of sp³-hybridized carbons (Fsp3) is 0.0625. The SMILES string of the molecule is COc1ccccc1C=CC(=O)Nc1cccc([N+](=O)[O-])c1. The standard InChI is InChI=1S/C16H14N2O4/c1-22-15-8-3-2-5-12(15)9-10-16(19)17-13-6-4-7-14(11-13)18(20)21/h2-11H,1H3,(H,17,19). The van der Waals surface area contributed by atoms with Gasteiger partial charge in [0.1, 0.15) is 5.75 Å². The van der Waals surface area contributed by atoms with Crippen molar-refractivity contribution in [2.24, 2.45) is 0 Å². The Balaban J connectivity index is 2.08. The number of hydrogen-bond donors (Lipinski definition) is 1. The number of rotatable bonds is 5. The fourth-order valence-electron chi connectivity index (χ4n) is 1.85. The lowest BCUT2D eigenvalue weighted by Crippen LogP contribution is -2.07. The van der Waals surface area contributed by atoms with Gasteiger partial charge in [-0.1, -0.05) is 24.3 Å². The van der Waals surface area contributed by atoms with Crippen LogP contribution in [-0.4, -0.2) is 17.9 Å². The van der Waals surface area contributed by atoms with E-state index < -0.39 is 4.92 Å². The predicted molar refractivity (Wildman–Crippen MR) is 83.8 cm³/mol. The third-order valence-corrected chi connectivity index (χ3v) is 2.88. The van der Waals surface area contributed by atoms with Gasteiger partial charge in [-0.2, -0.15) is 0 Å². The van der Waals surface area contributed by atoms with Crippen LogP contribution in [-0.2, 0) is 4.79 Å². The van der Waals surface area contributed by atoms with Crippen molar-refractivity contribution in [2.45, 2.75) is 0 Å². The number of para-hydroxylation sites is 1. The number of nitrogens with one attached hydrogen (secondary N) is 1. The molecular formula is C16H14N2O4. The van der Waals surface area contributed by atoms with Crippen LogP contribution in [0.3, 0.4) is 0 Å². The molecule has 0 bridgehead atoms. The molecule has 0 aliphatic rings. The minimum atomic E-state index is -0.514. The Morgan fingerprint density at radius 1 is 1.23 bits per heavy atom. The first kappa shape index (κ1) is 15.2. The van der Waals surface area contributed by atoms with E-state index in [0.717, 1.165) is 5.56 Å². The van der Waals surface area contributed by atoms with Crippen LogP contribution in [0.2, 0.25) is 0 Å². The predicted octanol–water partition coefficient (Wildman–Crippen LogP) is 3.26. The average molecular weight is 298 g/mol. The molecule has 0 radical (unpaired) electrons. The monoisotopic (exact) mass is 298 g/mol. The lowest BCUT2D eigenvalue weighted by atomic mass is 10.2. The van der Waals surface area contributed by atoms with Gasteiger partial charge in [-0.3, -0.25) is 14.9 Å². The van der Waals surface area contributed by atoms with Gasteiger partial charge in [0.15, 0.2) is 0 Å². The number of methoxy groups -OCH3 is 1. The summed E-state index contributed by atoms with van der Waals surface area (Å²) in [4.78, 5) is 22.0. The van der Waals surface area contributed by atoms with Gasteiger partial charge >= 0.3 is 0 Å². The Morgan fingerprint density at radius 3 is 2.73 bits per heavy atom. The molecule has 2 aromatic carbocycles. The number of amides is 1. The number of nitro groups is 1. The summed E-state index contributed by atoms with van der Waals surface area (Å²) in [6, 6.07) is 13.0. The van der Waals surface area contributed by atoms with Gasteiger partial charge in [-0.15, -0.1) is 0 Å². The van der Waals surface area contributed by atoms with Crippen LogP contribution in [0.1, 0.15) is 5.56 Å². The molecule has 112 valence electrons. The summed E-state index contributed by atoms with van der Waals surface area (Å²) in [6.07, 6.45) is 2.96. The number of benzene rings is 2. The van der Waals surface area contributed by atoms with Crippen molar-refractivity contribution >= 4 is 23.4 Å². The second-order valence-corrected chi connectivity index (χ2v) is 4.37. The first-order valence-electron chi connectivity index (χ1n) is 6.46. The van der Waals surface area contributed by atoms with Crippen molar-refractivity contribution in [3.05, 3.63) is 70.3 Å². The lowest BCUT2D eigenvalue weighted by molar-refractivity contribution is -0.384. The highest BCUT2D eigenvalue weighted by molar-refractivity contribution is 6.02. The minimum absolute atomic E-state index is 0.0773. The zero-order valence-corrected chi connectivity index (χ0v) is 11.9. The Kier molecular flexibility index (Phi) is 4.87. The van der Waals surface area contributed by atoms with Crippen molar-refractivity contribution in [2.75, 3.05) is 12.4 Å². The van der Waals surface area contributed by atoms with Gasteiger partial charge < -0.3 is 10.1 Å². The van der Waals surface area contributed by atoms with E-state index in [4.69, 9.17) is 4.74 Å². The number of nitro benzene ring substituents is 1. The quantitative estimate of drug-likeness (QED) is 0.522. The van der Waals surface area contributed by atoms with E-state index >= 15 is 0 Å². The van der Waals surface area contributed by atoms with E-state index in [1.165, 1.54) is 24.3 Å². The molecule has 0 aliphatic carbocycles. The number of non-ortho nitro benzene ring substituents is 1. The summed E-state index contributed by atoms with van der Waals surface area (Å²) < 4.78 is 5.18. The molecule has 22 heavy (non-hydrogen) atoms. The van der Waals surface area contributed by atoms with Crippen LogP contribution in [0.25, 0.3) is 6.08 Å². The van der Waals surface area contributed by atoms with Crippen molar-refractivity contribution in [1.29, 1.82) is 0 Å². The van der Waals surface area contributed by atoms with E-state index in [0.29, 0.717) is 11.4 Å². The van der Waals surface area contributed by atoms with Crippen LogP contribution in [0, 0.1) is 10.1 Å². The van der Waals surface area contributed by atoms with Crippen LogP contribution >= 0.6 is 0 Å². The van der Waals surface area contributed by atoms with Gasteiger partial charge in [0.2, 0.25) is 5.91 Å². The summed E-state index contributed by atoms with van der Waals surface area (Å²) in [5.74, 6) is 0.272. The van der Waals surface area contributed by atoms with Crippen LogP contribution in [0.5, 0.6) is 5.75 Å². The second kappa shape index (κ2) is 7.03. The number of nitrogens with zero attached hydrogens (tertiary/aromatic N) is 1. The number of carbonyl (C=O) groups excluding carboxylic acids is 1. The highest BCUT2D eigenvalue weighted by Gasteiger charge is 2.06. The van der Waals surface area contributed by atoms with Crippen molar-refractivity contribution in [3.63, 3.8) is 0 Å². The maximum absolute atomic E-state index is 11.9. The molecular weight excluding hydrogens is 284 g/mol. The third-order valence-electron chi connectivity index (χ3n) is 2.88. The lowest BCUT2D eigenvalue weighted by Gasteiger charge is -2.04. The molecule has 1 amide bonds. The molecule has 0 heterocycles. The van der Waals surface area contributed by atoms with Gasteiger partial charge in [0, 0.05) is 29.5 Å². The molecule has 0 aliphatic heterocycles. The van der Waals surface area contributed by atoms with Crippen LogP contribution in [0.4, 0.5) is 11.4 Å². The first-order valence-corrected chi connectivity index (χ1v) is 6.46. The number of hydrogen-bond acceptors (Lipinski definition) is 4. The van der Waals surface area contributed by atoms with Gasteiger partial charge in [-0.05, 0) is 18.2 Å². The third kappa shape index (κ3) is 3.92. The van der Waals surface area contributed by atoms with Crippen molar-refractivity contribution < 1.29 is 14.5 Å². The molecule has 0 saturated heterocycles. The molecule has 2 aromatic rings. The van der Waals surface area contributed by atoms with E-state index in [1.807, 2.05) is 18.2 Å². The summed E-state index contributed by atoms with van der Waals surface area (Å²) in [5, 5.41) is 13.3. The molecule has 6 nitrogen and oxygen atoms in total. The summed E-state index contributed by atoms with van der Waals surface area (Å²) in [6.45, 7) is 0. The topological polar surface area (TPSA) is 81.5 Å². The van der Waals surface area contributed by atoms with Crippen LogP contribution < -0.4 is 10.1 Å². The van der Waals surface area contributed by atoms with Gasteiger partial charge in [0.25, 0.3) is 5.69 Å². The molecule has 0 unspecified atom stereocenters. The maximum atomic E-state index is 11.9. The zero-order chi connectivity index (χ0) is 15.9. The fourth-order valence-corrected chi connectivity index (χ4v) is 1.85. The van der Waals surface area contributed by atoms with E-state index in [2.05, 4.69) is 5.32 Å². The highest BCUT2D eigenvalue weighted by Crippen LogP contribution is 2.19. The Labute approximate surface area is 127 Å². The first-order chi connectivity index (χ1) is 10.6. The Hall–Kier alpha value is -3.15. The molecule has 0 fully saturated rings. The second-order valence-electron chi connectivity index (χ2n) is 4.37. The van der Waals surface area contributed by atoms with Crippen molar-refractivity contribution in [3.8, 4) is 5.75 Å². The van der Waals surface area contributed by atoms with E-state index in [9.17, 15) is 14.9 Å². The highest BCUT2D eigenvalue weighted by atomic mass is 16.6. The molecule has 6 heteroatoms. The van der Waals surface area contributed by atoms with E-state index in [1.54, 1.807) is 25.3 Å². The number of anilines is 1. The Morgan fingerprint density at radius 2 is 2.00 bits per heavy atom. The molecule has 0 aromatic heterocycles. The maximum Gasteiger partial charge on any atom is 0.271 e. The zero-order valence-electron chi connectivity index (χ0n) is 11.9. The molecule has 2 rings (SSSR count). The smallest absolute Gasteiger partial charge is 0.271 e. The number of carbonyl (C=O) groups is 1. The largest absolute Gasteiger partial charge is 0.496 e. The van der Waals surface area contributed by atoms with E-state index in [-0.39, 0.29) is 11.6 Å². The molecule has 0 saturated carbocycles. The summed E-state index contributed by atoms with van der Waals surface area (Å²) in [5.41, 5.74) is 1.05. The summed E-state index contributed by atoms with van der Waals surface area (Å²) in [7, 11) is 1.55. The Bertz CT molecular complexity index is 726. The average Bonchev–Trinajstić information content (AvgIpc) is 2.53. The van der Waals surface area contributed by atoms with Gasteiger partial charge in [-0.25, -0.2) is 0 Å². The molecule has 1 N–H and O–H groups in total. The summed E-state index contributed by atoms with van der Waals surface area (Å²) >= 11 is 0. The normalized spacial score (nSPS) is 10.4. The molecule has 0 atom stereocenters. The van der Waals surface area contributed by atoms with Gasteiger partial charge in [0.05, 0.1) is 12.0 Å². The minimum Gasteiger partial charge on any atom is -0.496 e. The number of ether oxygens (including phenoxy) is 1.